The van der Waals surface area contributed by atoms with Crippen LogP contribution in [0.3, 0.4) is 0 Å². The molecule has 1 heterocycles. The zero-order valence-electron chi connectivity index (χ0n) is 6.16. The fourth-order valence-corrected chi connectivity index (χ4v) is 1.61. The van der Waals surface area contributed by atoms with E-state index in [2.05, 4.69) is 0 Å². The Bertz CT molecular complexity index is 304. The summed E-state index contributed by atoms with van der Waals surface area (Å²) in [4.78, 5) is 10.9. The summed E-state index contributed by atoms with van der Waals surface area (Å²) < 4.78 is 0. The van der Waals surface area contributed by atoms with Crippen LogP contribution in [-0.4, -0.2) is 17.0 Å². The number of hydrogen-bond donors (Lipinski definition) is 1. The molecule has 0 saturated carbocycles. The van der Waals surface area contributed by atoms with Crippen molar-refractivity contribution in [2.24, 2.45) is 0 Å². The predicted molar refractivity (Wildman–Crippen MR) is 51.0 cm³/mol. The third-order valence-electron chi connectivity index (χ3n) is 1.28. The second kappa shape index (κ2) is 4.28. The molecule has 1 aromatic heterocycles. The van der Waals surface area contributed by atoms with Crippen molar-refractivity contribution in [2.45, 2.75) is 0 Å². The molecule has 1 aromatic rings. The molecule has 1 N–H and O–H groups in total. The molecule has 0 unspecified atom stereocenters. The summed E-state index contributed by atoms with van der Waals surface area (Å²) in [5.74, 6) is -0.492. The lowest BCUT2D eigenvalue weighted by Crippen LogP contribution is -1.93. The van der Waals surface area contributed by atoms with Gasteiger partial charge in [0.25, 0.3) is 0 Å². The summed E-state index contributed by atoms with van der Waals surface area (Å²) in [6.45, 7) is 0. The van der Waals surface area contributed by atoms with E-state index in [1.807, 2.05) is 0 Å². The maximum atomic E-state index is 10.6. The van der Waals surface area contributed by atoms with Gasteiger partial charge in [-0.3, -0.25) is 0 Å². The molecule has 0 aliphatic rings. The first-order chi connectivity index (χ1) is 5.75. The average molecular weight is 203 g/mol. The minimum absolute atomic E-state index is 0.358. The number of carbonyl (C=O) groups is 1. The van der Waals surface area contributed by atoms with Gasteiger partial charge in [-0.15, -0.1) is 22.9 Å². The molecule has 2 nitrogen and oxygen atoms in total. The molecule has 0 saturated heterocycles. The molecule has 4 heteroatoms. The molecule has 0 aromatic carbocycles. The smallest absolute Gasteiger partial charge is 0.346 e. The van der Waals surface area contributed by atoms with Crippen LogP contribution in [0.5, 0.6) is 0 Å². The molecule has 0 fully saturated rings. The lowest BCUT2D eigenvalue weighted by atomic mass is 10.2. The van der Waals surface area contributed by atoms with E-state index in [9.17, 15) is 4.79 Å². The van der Waals surface area contributed by atoms with E-state index in [0.717, 1.165) is 0 Å². The molecule has 1 rings (SSSR count). The van der Waals surface area contributed by atoms with E-state index in [0.29, 0.717) is 16.3 Å². The highest BCUT2D eigenvalue weighted by molar-refractivity contribution is 7.12. The van der Waals surface area contributed by atoms with Gasteiger partial charge in [-0.1, -0.05) is 12.2 Å². The summed E-state index contributed by atoms with van der Waals surface area (Å²) in [5.41, 5.74) is 0.716. The highest BCUT2D eigenvalue weighted by atomic mass is 35.5. The van der Waals surface area contributed by atoms with Crippen LogP contribution in [0.1, 0.15) is 15.2 Å². The summed E-state index contributed by atoms with van der Waals surface area (Å²) in [7, 11) is 0. The number of carboxylic acid groups (broad SMARTS) is 1. The van der Waals surface area contributed by atoms with Crippen molar-refractivity contribution in [2.75, 3.05) is 5.88 Å². The van der Waals surface area contributed by atoms with Gasteiger partial charge in [0.2, 0.25) is 0 Å². The first-order valence-corrected chi connectivity index (χ1v) is 4.70. The first-order valence-electron chi connectivity index (χ1n) is 3.29. The molecule has 0 atom stereocenters. The Morgan fingerprint density at radius 3 is 3.08 bits per heavy atom. The second-order valence-corrected chi connectivity index (χ2v) is 3.29. The number of carboxylic acids is 1. The highest BCUT2D eigenvalue weighted by Gasteiger charge is 2.08. The van der Waals surface area contributed by atoms with E-state index in [4.69, 9.17) is 16.7 Å². The minimum atomic E-state index is -0.890. The zero-order valence-corrected chi connectivity index (χ0v) is 7.73. The lowest BCUT2D eigenvalue weighted by Gasteiger charge is -1.89. The Balaban J connectivity index is 2.91. The maximum Gasteiger partial charge on any atom is 0.346 e. The normalized spacial score (nSPS) is 10.8. The molecule has 0 bridgehead atoms. The van der Waals surface area contributed by atoms with Gasteiger partial charge in [0.05, 0.1) is 0 Å². The third-order valence-corrected chi connectivity index (χ3v) is 2.37. The Labute approximate surface area is 79.1 Å². The van der Waals surface area contributed by atoms with Gasteiger partial charge < -0.3 is 5.11 Å². The van der Waals surface area contributed by atoms with E-state index >= 15 is 0 Å². The lowest BCUT2D eigenvalue weighted by molar-refractivity contribution is 0.0702. The van der Waals surface area contributed by atoms with E-state index < -0.39 is 5.97 Å². The van der Waals surface area contributed by atoms with E-state index in [1.165, 1.54) is 11.3 Å². The fraction of sp³-hybridized carbons (Fsp3) is 0.125. The van der Waals surface area contributed by atoms with Crippen LogP contribution in [0.2, 0.25) is 0 Å². The van der Waals surface area contributed by atoms with Crippen molar-refractivity contribution < 1.29 is 9.90 Å². The van der Waals surface area contributed by atoms with E-state index in [-0.39, 0.29) is 0 Å². The monoisotopic (exact) mass is 202 g/mol. The van der Waals surface area contributed by atoms with Gasteiger partial charge in [-0.05, 0) is 17.0 Å². The van der Waals surface area contributed by atoms with Crippen LogP contribution in [0.15, 0.2) is 17.5 Å². The molecule has 0 amide bonds. The number of halogens is 1. The standard InChI is InChI=1S/C8H7ClO2S/c9-4-1-2-6-3-5-12-7(6)8(10)11/h1-3,5H,4H2,(H,10,11). The Kier molecular flexibility index (Phi) is 3.31. The van der Waals surface area contributed by atoms with Gasteiger partial charge in [0.1, 0.15) is 4.88 Å². The first kappa shape index (κ1) is 9.29. The van der Waals surface area contributed by atoms with Gasteiger partial charge in [-0.25, -0.2) is 4.79 Å². The van der Waals surface area contributed by atoms with Crippen LogP contribution in [-0.2, 0) is 0 Å². The van der Waals surface area contributed by atoms with Crippen molar-refractivity contribution in [1.29, 1.82) is 0 Å². The van der Waals surface area contributed by atoms with Crippen LogP contribution in [0.25, 0.3) is 6.08 Å². The summed E-state index contributed by atoms with van der Waals surface area (Å²) in [6.07, 6.45) is 3.43. The van der Waals surface area contributed by atoms with Gasteiger partial charge in [0.15, 0.2) is 0 Å². The summed E-state index contributed by atoms with van der Waals surface area (Å²) in [5, 5.41) is 10.4. The second-order valence-electron chi connectivity index (χ2n) is 2.07. The topological polar surface area (TPSA) is 37.3 Å². The van der Waals surface area contributed by atoms with Crippen LogP contribution >= 0.6 is 22.9 Å². The van der Waals surface area contributed by atoms with Crippen molar-refractivity contribution in [3.63, 3.8) is 0 Å². The van der Waals surface area contributed by atoms with Crippen LogP contribution in [0.4, 0.5) is 0 Å². The molecule has 0 spiro atoms. The summed E-state index contributed by atoms with van der Waals surface area (Å²) in [6, 6.07) is 1.76. The van der Waals surface area contributed by atoms with Crippen molar-refractivity contribution in [1.82, 2.24) is 0 Å². The molecular formula is C8H7ClO2S. The number of thiophene rings is 1. The molecule has 0 aliphatic heterocycles. The van der Waals surface area contributed by atoms with Gasteiger partial charge in [0, 0.05) is 5.88 Å². The molecule has 0 radical (unpaired) electrons. The number of alkyl halides is 1. The number of aromatic carboxylic acids is 1. The van der Waals surface area contributed by atoms with Crippen LogP contribution < -0.4 is 0 Å². The zero-order chi connectivity index (χ0) is 8.97. The number of rotatable bonds is 3. The minimum Gasteiger partial charge on any atom is -0.477 e. The van der Waals surface area contributed by atoms with E-state index in [1.54, 1.807) is 23.6 Å². The molecular weight excluding hydrogens is 196 g/mol. The molecule has 12 heavy (non-hydrogen) atoms. The Morgan fingerprint density at radius 2 is 2.50 bits per heavy atom. The molecule has 64 valence electrons. The molecule has 0 aliphatic carbocycles. The highest BCUT2D eigenvalue weighted by Crippen LogP contribution is 2.17. The quantitative estimate of drug-likeness (QED) is 0.766. The van der Waals surface area contributed by atoms with Crippen LogP contribution in [0, 0.1) is 0 Å². The largest absolute Gasteiger partial charge is 0.477 e. The predicted octanol–water partition coefficient (Wildman–Crippen LogP) is 2.70. The number of allylic oxidation sites excluding steroid dienone is 1. The summed E-state index contributed by atoms with van der Waals surface area (Å²) >= 11 is 6.63. The average Bonchev–Trinajstić information content (AvgIpc) is 2.48. The van der Waals surface area contributed by atoms with Crippen molar-refractivity contribution in [3.05, 3.63) is 28.0 Å². The van der Waals surface area contributed by atoms with Gasteiger partial charge >= 0.3 is 5.97 Å². The Morgan fingerprint density at radius 1 is 1.75 bits per heavy atom. The van der Waals surface area contributed by atoms with Gasteiger partial charge in [-0.2, -0.15) is 0 Å². The Hall–Kier alpha value is -0.800. The fourth-order valence-electron chi connectivity index (χ4n) is 0.796. The van der Waals surface area contributed by atoms with Crippen molar-refractivity contribution in [3.8, 4) is 0 Å². The third kappa shape index (κ3) is 2.09. The maximum absolute atomic E-state index is 10.6. The SMILES string of the molecule is O=C(O)c1sccc1C=CCCl. The number of hydrogen-bond acceptors (Lipinski definition) is 2. The van der Waals surface area contributed by atoms with Crippen molar-refractivity contribution >= 4 is 35.0 Å².